The number of benzene rings is 3. The van der Waals surface area contributed by atoms with Crippen molar-refractivity contribution in [2.75, 3.05) is 14.2 Å². The number of unbranched alkanes of at least 4 members (excludes halogenated alkanes) is 9. The van der Waals surface area contributed by atoms with Crippen LogP contribution in [0.5, 0.6) is 11.5 Å². The highest BCUT2D eigenvalue weighted by Gasteiger charge is 2.48. The third-order valence-corrected chi connectivity index (χ3v) is 8.12. The van der Waals surface area contributed by atoms with Gasteiger partial charge in [0.1, 0.15) is 24.7 Å². The molecule has 6 nitrogen and oxygen atoms in total. The lowest BCUT2D eigenvalue weighted by atomic mass is 9.76. The van der Waals surface area contributed by atoms with Crippen LogP contribution in [0.1, 0.15) is 94.2 Å². The number of hydrogen-bond donors (Lipinski definition) is 0. The maximum absolute atomic E-state index is 13.4. The Labute approximate surface area is 264 Å². The zero-order valence-electron chi connectivity index (χ0n) is 26.9. The fourth-order valence-electron chi connectivity index (χ4n) is 5.55. The van der Waals surface area contributed by atoms with Gasteiger partial charge in [0, 0.05) is 6.42 Å². The third kappa shape index (κ3) is 11.0. The molecule has 0 amide bonds. The maximum atomic E-state index is 13.4. The van der Waals surface area contributed by atoms with Crippen LogP contribution >= 0.6 is 0 Å². The molecule has 0 aliphatic heterocycles. The summed E-state index contributed by atoms with van der Waals surface area (Å²) in [5, 5.41) is 0. The summed E-state index contributed by atoms with van der Waals surface area (Å²) in [6.07, 6.45) is 12.0. The lowest BCUT2D eigenvalue weighted by Crippen LogP contribution is -2.43. The highest BCUT2D eigenvalue weighted by atomic mass is 16.5. The molecule has 0 aliphatic carbocycles. The van der Waals surface area contributed by atoms with Crippen LogP contribution in [0.25, 0.3) is 0 Å². The first-order chi connectivity index (χ1) is 21.5. The number of carbonyl (C=O) groups excluding carboxylic acids is 2. The number of carbonyl (C=O) groups is 2. The Kier molecular flexibility index (Phi) is 15.4. The van der Waals surface area contributed by atoms with Crippen molar-refractivity contribution in [2.24, 2.45) is 5.41 Å². The van der Waals surface area contributed by atoms with Crippen LogP contribution in [0.2, 0.25) is 0 Å². The smallest absolute Gasteiger partial charge is 0.323 e. The van der Waals surface area contributed by atoms with E-state index in [9.17, 15) is 9.59 Å². The van der Waals surface area contributed by atoms with Gasteiger partial charge in [0.05, 0.1) is 14.2 Å². The van der Waals surface area contributed by atoms with Gasteiger partial charge < -0.3 is 18.9 Å². The lowest BCUT2D eigenvalue weighted by molar-refractivity contribution is -0.170. The molecule has 44 heavy (non-hydrogen) atoms. The number of esters is 2. The van der Waals surface area contributed by atoms with E-state index in [2.05, 4.69) is 6.92 Å². The molecule has 0 radical (unpaired) electrons. The molecule has 0 saturated carbocycles. The van der Waals surface area contributed by atoms with E-state index in [1.807, 2.05) is 78.9 Å². The van der Waals surface area contributed by atoms with Crippen LogP contribution in [0.4, 0.5) is 0 Å². The monoisotopic (exact) mass is 602 g/mol. The van der Waals surface area contributed by atoms with Crippen molar-refractivity contribution in [1.82, 2.24) is 0 Å². The Balaban J connectivity index is 1.78. The summed E-state index contributed by atoms with van der Waals surface area (Å²) < 4.78 is 22.9. The molecule has 0 aromatic heterocycles. The predicted molar refractivity (Wildman–Crippen MR) is 175 cm³/mol. The van der Waals surface area contributed by atoms with Crippen molar-refractivity contribution in [3.8, 4) is 11.5 Å². The highest BCUT2D eigenvalue weighted by Crippen LogP contribution is 2.38. The second kappa shape index (κ2) is 19.5. The molecular weight excluding hydrogens is 552 g/mol. The molecule has 238 valence electrons. The molecule has 0 spiro atoms. The van der Waals surface area contributed by atoms with Crippen molar-refractivity contribution >= 4 is 11.9 Å². The Morgan fingerprint density at radius 1 is 0.614 bits per heavy atom. The Bertz CT molecular complexity index is 1220. The first-order valence-corrected chi connectivity index (χ1v) is 16.2. The van der Waals surface area contributed by atoms with Crippen molar-refractivity contribution in [3.05, 3.63) is 95.6 Å². The van der Waals surface area contributed by atoms with E-state index >= 15 is 0 Å². The fourth-order valence-corrected chi connectivity index (χ4v) is 5.55. The summed E-state index contributed by atoms with van der Waals surface area (Å²) in [7, 11) is 2.65. The summed E-state index contributed by atoms with van der Waals surface area (Å²) in [6.45, 7) is 2.97. The summed E-state index contributed by atoms with van der Waals surface area (Å²) in [6, 6.07) is 25.4. The van der Waals surface area contributed by atoms with Gasteiger partial charge >= 0.3 is 11.9 Å². The minimum Gasteiger partial charge on any atom is -0.489 e. The fraction of sp³-hybridized carbons (Fsp3) is 0.474. The summed E-state index contributed by atoms with van der Waals surface area (Å²) in [5.74, 6) is 0.0226. The van der Waals surface area contributed by atoms with Crippen molar-refractivity contribution in [1.29, 1.82) is 0 Å². The molecule has 3 aromatic rings. The van der Waals surface area contributed by atoms with Crippen molar-refractivity contribution in [2.45, 2.75) is 97.2 Å². The average Bonchev–Trinajstić information content (AvgIpc) is 3.07. The molecule has 0 N–H and O–H groups in total. The minimum atomic E-state index is -1.49. The zero-order valence-corrected chi connectivity index (χ0v) is 26.9. The predicted octanol–water partition coefficient (Wildman–Crippen LogP) is 9.03. The molecule has 0 unspecified atom stereocenters. The van der Waals surface area contributed by atoms with E-state index in [0.717, 1.165) is 30.4 Å². The highest BCUT2D eigenvalue weighted by molar-refractivity contribution is 6.00. The Morgan fingerprint density at radius 2 is 1.11 bits per heavy atom. The molecule has 0 atom stereocenters. The van der Waals surface area contributed by atoms with E-state index < -0.39 is 17.4 Å². The van der Waals surface area contributed by atoms with Crippen LogP contribution in [0.3, 0.4) is 0 Å². The molecule has 0 heterocycles. The van der Waals surface area contributed by atoms with Crippen LogP contribution in [-0.4, -0.2) is 26.2 Å². The lowest BCUT2D eigenvalue weighted by Gasteiger charge is -2.29. The Morgan fingerprint density at radius 3 is 1.64 bits per heavy atom. The zero-order chi connectivity index (χ0) is 31.5. The van der Waals surface area contributed by atoms with E-state index in [0.29, 0.717) is 43.1 Å². The maximum Gasteiger partial charge on any atom is 0.323 e. The molecule has 3 aromatic carbocycles. The number of rotatable bonds is 21. The molecule has 6 heteroatoms. The molecule has 3 rings (SSSR count). The van der Waals surface area contributed by atoms with Gasteiger partial charge in [-0.3, -0.25) is 9.59 Å². The van der Waals surface area contributed by atoms with Gasteiger partial charge in [-0.15, -0.1) is 0 Å². The van der Waals surface area contributed by atoms with Crippen molar-refractivity contribution < 1.29 is 28.5 Å². The van der Waals surface area contributed by atoms with Gasteiger partial charge in [-0.05, 0) is 41.3 Å². The molecule has 0 fully saturated rings. The quantitative estimate of drug-likeness (QED) is 0.0688. The first-order valence-electron chi connectivity index (χ1n) is 16.2. The van der Waals surface area contributed by atoms with Gasteiger partial charge in [0.15, 0.2) is 5.41 Å². The molecule has 0 bridgehead atoms. The van der Waals surface area contributed by atoms with E-state index in [-0.39, 0.29) is 6.42 Å². The second-order valence-electron chi connectivity index (χ2n) is 11.5. The second-order valence-corrected chi connectivity index (χ2v) is 11.5. The third-order valence-electron chi connectivity index (χ3n) is 8.12. The normalized spacial score (nSPS) is 11.2. The van der Waals surface area contributed by atoms with Crippen LogP contribution in [0.15, 0.2) is 78.9 Å². The van der Waals surface area contributed by atoms with E-state index in [1.165, 1.54) is 52.7 Å². The SMILES string of the molecule is CCCCCCCCCCCCC(Cc1cc(OCc2ccccc2)ccc1OCc1ccccc1)(C(=O)OC)C(=O)OC. The van der Waals surface area contributed by atoms with Crippen LogP contribution in [-0.2, 0) is 38.7 Å². The topological polar surface area (TPSA) is 71.1 Å². The number of hydrogen-bond acceptors (Lipinski definition) is 6. The molecule has 0 aliphatic rings. The van der Waals surface area contributed by atoms with Crippen LogP contribution in [0, 0.1) is 5.41 Å². The van der Waals surface area contributed by atoms with Gasteiger partial charge in [-0.2, -0.15) is 0 Å². The largest absolute Gasteiger partial charge is 0.489 e. The molecule has 0 saturated heterocycles. The average molecular weight is 603 g/mol. The Hall–Kier alpha value is -3.80. The van der Waals surface area contributed by atoms with Gasteiger partial charge in [0.2, 0.25) is 0 Å². The minimum absolute atomic E-state index is 0.0798. The first kappa shape index (κ1) is 34.7. The molecular formula is C38H50O6. The summed E-state index contributed by atoms with van der Waals surface area (Å²) in [4.78, 5) is 26.8. The van der Waals surface area contributed by atoms with Gasteiger partial charge in [-0.25, -0.2) is 0 Å². The number of methoxy groups -OCH3 is 2. The standard InChI is InChI=1S/C38H50O6/c1-4-5-6-7-8-9-10-11-12-19-26-38(36(39)41-2,37(40)42-3)28-33-27-34(43-29-31-20-15-13-16-21-31)24-25-35(33)44-30-32-22-17-14-18-23-32/h13-18,20-25,27H,4-12,19,26,28-30H2,1-3H3. The van der Waals surface area contributed by atoms with E-state index in [4.69, 9.17) is 18.9 Å². The van der Waals surface area contributed by atoms with Crippen molar-refractivity contribution in [3.63, 3.8) is 0 Å². The van der Waals surface area contributed by atoms with Gasteiger partial charge in [0.25, 0.3) is 0 Å². The summed E-state index contributed by atoms with van der Waals surface area (Å²) in [5.41, 5.74) is 1.25. The van der Waals surface area contributed by atoms with E-state index in [1.54, 1.807) is 0 Å². The van der Waals surface area contributed by atoms with Crippen LogP contribution < -0.4 is 9.47 Å². The number of ether oxygens (including phenoxy) is 4. The summed E-state index contributed by atoms with van der Waals surface area (Å²) >= 11 is 0. The van der Waals surface area contributed by atoms with Gasteiger partial charge in [-0.1, -0.05) is 132 Å².